The quantitative estimate of drug-likeness (QED) is 0.431. The van der Waals surface area contributed by atoms with Crippen LogP contribution in [-0.4, -0.2) is 50.5 Å². The first-order chi connectivity index (χ1) is 9.13. The van der Waals surface area contributed by atoms with Gasteiger partial charge in [0.15, 0.2) is 5.96 Å². The molecule has 1 aromatic heterocycles. The van der Waals surface area contributed by atoms with E-state index in [4.69, 9.17) is 4.42 Å². The van der Waals surface area contributed by atoms with Gasteiger partial charge in [0.1, 0.15) is 12.3 Å². The van der Waals surface area contributed by atoms with E-state index in [-0.39, 0.29) is 36.4 Å². The Bertz CT molecular complexity index is 405. The minimum Gasteiger partial charge on any atom is -0.469 e. The van der Waals surface area contributed by atoms with Crippen LogP contribution in [0.2, 0.25) is 0 Å². The maximum absolute atomic E-state index is 11.5. The number of furan rings is 1. The van der Waals surface area contributed by atoms with Crippen LogP contribution in [-0.2, 0) is 11.2 Å². The Morgan fingerprint density at radius 2 is 2.15 bits per heavy atom. The van der Waals surface area contributed by atoms with Crippen LogP contribution in [0.4, 0.5) is 0 Å². The molecule has 0 spiro atoms. The van der Waals surface area contributed by atoms with Gasteiger partial charge in [-0.3, -0.25) is 4.79 Å². The third-order valence-electron chi connectivity index (χ3n) is 2.46. The predicted molar refractivity (Wildman–Crippen MR) is 90.5 cm³/mol. The van der Waals surface area contributed by atoms with E-state index in [0.29, 0.717) is 12.5 Å². The number of likely N-dealkylation sites (N-methyl/N-ethyl adjacent to an activating group) is 1. The molecule has 1 amide bonds. The number of carbonyl (C=O) groups excluding carboxylic acids is 1. The number of halogens is 1. The van der Waals surface area contributed by atoms with E-state index < -0.39 is 0 Å². The van der Waals surface area contributed by atoms with Gasteiger partial charge in [0.25, 0.3) is 0 Å². The summed E-state index contributed by atoms with van der Waals surface area (Å²) >= 11 is 0. The molecule has 7 heteroatoms. The van der Waals surface area contributed by atoms with E-state index in [1.165, 1.54) is 4.90 Å². The average Bonchev–Trinajstić information content (AvgIpc) is 2.88. The second kappa shape index (κ2) is 10.5. The normalized spacial score (nSPS) is 10.7. The van der Waals surface area contributed by atoms with Crippen molar-refractivity contribution in [2.45, 2.75) is 13.3 Å². The van der Waals surface area contributed by atoms with Crippen molar-refractivity contribution in [1.29, 1.82) is 0 Å². The second-order valence-corrected chi connectivity index (χ2v) is 4.24. The van der Waals surface area contributed by atoms with Crippen molar-refractivity contribution in [2.75, 3.05) is 33.7 Å². The summed E-state index contributed by atoms with van der Waals surface area (Å²) in [7, 11) is 3.43. The van der Waals surface area contributed by atoms with E-state index in [0.717, 1.165) is 18.7 Å². The molecular formula is C13H23IN4O2. The molecule has 0 aliphatic rings. The first-order valence-corrected chi connectivity index (χ1v) is 6.38. The van der Waals surface area contributed by atoms with Gasteiger partial charge in [-0.25, -0.2) is 4.99 Å². The van der Waals surface area contributed by atoms with Crippen molar-refractivity contribution < 1.29 is 9.21 Å². The Kier molecular flexibility index (Phi) is 9.87. The lowest BCUT2D eigenvalue weighted by Gasteiger charge is -2.12. The highest BCUT2D eigenvalue weighted by Gasteiger charge is 2.04. The Labute approximate surface area is 137 Å². The fraction of sp³-hybridized carbons (Fsp3) is 0.538. The Hall–Kier alpha value is -1.25. The van der Waals surface area contributed by atoms with Gasteiger partial charge in [0.05, 0.1) is 6.26 Å². The molecule has 0 radical (unpaired) electrons. The third-order valence-corrected chi connectivity index (χ3v) is 2.46. The molecule has 2 N–H and O–H groups in total. The molecule has 0 aliphatic carbocycles. The molecule has 0 bridgehead atoms. The number of rotatable bonds is 6. The maximum Gasteiger partial charge on any atom is 0.243 e. The summed E-state index contributed by atoms with van der Waals surface area (Å²) in [4.78, 5) is 17.2. The van der Waals surface area contributed by atoms with Crippen molar-refractivity contribution in [3.05, 3.63) is 24.2 Å². The monoisotopic (exact) mass is 394 g/mol. The van der Waals surface area contributed by atoms with E-state index in [1.807, 2.05) is 19.1 Å². The number of hydrogen-bond acceptors (Lipinski definition) is 3. The molecule has 20 heavy (non-hydrogen) atoms. The highest BCUT2D eigenvalue weighted by molar-refractivity contribution is 14.0. The first-order valence-electron chi connectivity index (χ1n) is 6.38. The number of aliphatic imine (C=N–C) groups is 1. The van der Waals surface area contributed by atoms with Crippen LogP contribution in [0, 0.1) is 0 Å². The zero-order valence-electron chi connectivity index (χ0n) is 12.2. The molecule has 1 rings (SSSR count). The summed E-state index contributed by atoms with van der Waals surface area (Å²) in [6.07, 6.45) is 2.43. The van der Waals surface area contributed by atoms with Gasteiger partial charge in [-0.15, -0.1) is 24.0 Å². The molecule has 0 unspecified atom stereocenters. The maximum atomic E-state index is 11.5. The fourth-order valence-corrected chi connectivity index (χ4v) is 1.39. The summed E-state index contributed by atoms with van der Waals surface area (Å²) in [5, 5.41) is 6.26. The standard InChI is InChI=1S/C13H22N4O2.HI/c1-4-14-13(16-10-12(18)17(2)3)15-8-7-11-6-5-9-19-11;/h5-6,9H,4,7-8,10H2,1-3H3,(H2,14,15,16);1H. The van der Waals surface area contributed by atoms with E-state index in [1.54, 1.807) is 20.4 Å². The van der Waals surface area contributed by atoms with Gasteiger partial charge in [0, 0.05) is 33.6 Å². The van der Waals surface area contributed by atoms with E-state index in [9.17, 15) is 4.79 Å². The number of nitrogens with one attached hydrogen (secondary N) is 2. The SMILES string of the molecule is CCNC(=NCC(=O)N(C)C)NCCc1ccco1.I. The number of amides is 1. The highest BCUT2D eigenvalue weighted by Crippen LogP contribution is 1.99. The van der Waals surface area contributed by atoms with Crippen molar-refractivity contribution in [3.8, 4) is 0 Å². The molecule has 1 aromatic rings. The molecule has 0 saturated heterocycles. The molecule has 6 nitrogen and oxygen atoms in total. The van der Waals surface area contributed by atoms with Gasteiger partial charge in [-0.2, -0.15) is 0 Å². The Morgan fingerprint density at radius 3 is 2.70 bits per heavy atom. The largest absolute Gasteiger partial charge is 0.469 e. The molecule has 0 fully saturated rings. The lowest BCUT2D eigenvalue weighted by atomic mass is 10.3. The minimum absolute atomic E-state index is 0. The van der Waals surface area contributed by atoms with Crippen molar-refractivity contribution in [2.24, 2.45) is 4.99 Å². The van der Waals surface area contributed by atoms with Crippen LogP contribution in [0.15, 0.2) is 27.8 Å². The van der Waals surface area contributed by atoms with Gasteiger partial charge >= 0.3 is 0 Å². The molecular weight excluding hydrogens is 371 g/mol. The summed E-state index contributed by atoms with van der Waals surface area (Å²) in [5.74, 6) is 1.54. The van der Waals surface area contributed by atoms with E-state index in [2.05, 4.69) is 15.6 Å². The van der Waals surface area contributed by atoms with Gasteiger partial charge in [-0.05, 0) is 19.1 Å². The smallest absolute Gasteiger partial charge is 0.243 e. The van der Waals surface area contributed by atoms with Crippen molar-refractivity contribution >= 4 is 35.8 Å². The second-order valence-electron chi connectivity index (χ2n) is 4.24. The molecule has 1 heterocycles. The number of hydrogen-bond donors (Lipinski definition) is 2. The lowest BCUT2D eigenvalue weighted by Crippen LogP contribution is -2.39. The van der Waals surface area contributed by atoms with Crippen LogP contribution in [0.25, 0.3) is 0 Å². The van der Waals surface area contributed by atoms with Crippen LogP contribution < -0.4 is 10.6 Å². The summed E-state index contributed by atoms with van der Waals surface area (Å²) in [5.41, 5.74) is 0. The number of guanidine groups is 1. The summed E-state index contributed by atoms with van der Waals surface area (Å²) < 4.78 is 5.24. The molecule has 0 atom stereocenters. The number of nitrogens with zero attached hydrogens (tertiary/aromatic N) is 2. The number of carbonyl (C=O) groups is 1. The Balaban J connectivity index is 0.00000361. The molecule has 114 valence electrons. The zero-order valence-corrected chi connectivity index (χ0v) is 14.5. The van der Waals surface area contributed by atoms with Crippen molar-refractivity contribution in [3.63, 3.8) is 0 Å². The summed E-state index contributed by atoms with van der Waals surface area (Å²) in [6, 6.07) is 3.80. The van der Waals surface area contributed by atoms with Gasteiger partial charge in [0.2, 0.25) is 5.91 Å². The van der Waals surface area contributed by atoms with Crippen molar-refractivity contribution in [1.82, 2.24) is 15.5 Å². The van der Waals surface area contributed by atoms with Crippen LogP contribution in [0.5, 0.6) is 0 Å². The first kappa shape index (κ1) is 18.8. The van der Waals surface area contributed by atoms with Gasteiger partial charge < -0.3 is 20.0 Å². The van der Waals surface area contributed by atoms with E-state index >= 15 is 0 Å². The minimum atomic E-state index is -0.0248. The predicted octanol–water partition coefficient (Wildman–Crippen LogP) is 1.08. The average molecular weight is 394 g/mol. The topological polar surface area (TPSA) is 69.9 Å². The summed E-state index contributed by atoms with van der Waals surface area (Å²) in [6.45, 7) is 3.58. The lowest BCUT2D eigenvalue weighted by molar-refractivity contribution is -0.127. The molecule has 0 aliphatic heterocycles. The van der Waals surface area contributed by atoms with Gasteiger partial charge in [-0.1, -0.05) is 0 Å². The van der Waals surface area contributed by atoms with Crippen LogP contribution >= 0.6 is 24.0 Å². The molecule has 0 aromatic carbocycles. The Morgan fingerprint density at radius 1 is 1.40 bits per heavy atom. The third kappa shape index (κ3) is 7.37. The highest BCUT2D eigenvalue weighted by atomic mass is 127. The van der Waals surface area contributed by atoms with Crippen LogP contribution in [0.3, 0.4) is 0 Å². The fourth-order valence-electron chi connectivity index (χ4n) is 1.39. The zero-order chi connectivity index (χ0) is 14.1. The molecule has 0 saturated carbocycles. The van der Waals surface area contributed by atoms with Crippen LogP contribution in [0.1, 0.15) is 12.7 Å².